The molecular weight excluding hydrogens is 272 g/mol. The van der Waals surface area contributed by atoms with E-state index in [1.165, 1.54) is 4.90 Å². The fourth-order valence-corrected chi connectivity index (χ4v) is 3.25. The lowest BCUT2D eigenvalue weighted by molar-refractivity contribution is -0.141. The number of benzene rings is 1. The summed E-state index contributed by atoms with van der Waals surface area (Å²) in [7, 11) is 0. The molecule has 1 aromatic carbocycles. The average Bonchev–Trinajstić information content (AvgIpc) is 2.97. The topological polar surface area (TPSA) is 81.1 Å². The van der Waals surface area contributed by atoms with Crippen LogP contribution in [0.3, 0.4) is 0 Å². The Morgan fingerprint density at radius 3 is 2.71 bits per heavy atom. The standard InChI is InChI=1S/C15H18N2O4/c1-9-6-10-4-2-3-5-12(10)17(9)15(21)16-8-11(18)7-13(16)14(19)20/h2-5,9,11,13,18H,6-8H2,1H3,(H,19,20)/t9?,11-,13-/m1/s1. The summed E-state index contributed by atoms with van der Waals surface area (Å²) >= 11 is 0. The van der Waals surface area contributed by atoms with E-state index in [1.54, 1.807) is 4.90 Å². The maximum absolute atomic E-state index is 12.8. The van der Waals surface area contributed by atoms with Gasteiger partial charge in [0.2, 0.25) is 0 Å². The molecule has 0 saturated carbocycles. The first-order valence-electron chi connectivity index (χ1n) is 7.07. The van der Waals surface area contributed by atoms with Gasteiger partial charge in [-0.1, -0.05) is 18.2 Å². The molecular formula is C15H18N2O4. The third-order valence-electron chi connectivity index (χ3n) is 4.22. The number of amides is 2. The summed E-state index contributed by atoms with van der Waals surface area (Å²) < 4.78 is 0. The smallest absolute Gasteiger partial charge is 0.326 e. The predicted molar refractivity (Wildman–Crippen MR) is 76.2 cm³/mol. The molecule has 1 aromatic rings. The van der Waals surface area contributed by atoms with E-state index < -0.39 is 18.1 Å². The van der Waals surface area contributed by atoms with Gasteiger partial charge in [0.05, 0.1) is 6.10 Å². The number of carbonyl (C=O) groups excluding carboxylic acids is 1. The molecule has 2 N–H and O–H groups in total. The van der Waals surface area contributed by atoms with Gasteiger partial charge in [0.25, 0.3) is 0 Å². The summed E-state index contributed by atoms with van der Waals surface area (Å²) in [4.78, 5) is 27.0. The lowest BCUT2D eigenvalue weighted by Gasteiger charge is -2.30. The largest absolute Gasteiger partial charge is 0.480 e. The molecule has 6 nitrogen and oxygen atoms in total. The fraction of sp³-hybridized carbons (Fsp3) is 0.467. The molecule has 0 radical (unpaired) electrons. The van der Waals surface area contributed by atoms with Crippen molar-refractivity contribution in [3.63, 3.8) is 0 Å². The lowest BCUT2D eigenvalue weighted by atomic mass is 10.1. The summed E-state index contributed by atoms with van der Waals surface area (Å²) in [6, 6.07) is 6.35. The minimum atomic E-state index is -1.07. The minimum absolute atomic E-state index is 0.0120. The number of aliphatic hydroxyl groups is 1. The van der Waals surface area contributed by atoms with Crippen LogP contribution in [0.4, 0.5) is 10.5 Å². The Labute approximate surface area is 122 Å². The summed E-state index contributed by atoms with van der Waals surface area (Å²) in [6.45, 7) is 2.02. The second-order valence-electron chi connectivity index (χ2n) is 5.73. The number of urea groups is 1. The number of carboxylic acid groups (broad SMARTS) is 1. The highest BCUT2D eigenvalue weighted by Crippen LogP contribution is 2.34. The quantitative estimate of drug-likeness (QED) is 0.811. The molecule has 2 amide bonds. The van der Waals surface area contributed by atoms with Crippen LogP contribution in [-0.4, -0.2) is 51.8 Å². The highest BCUT2D eigenvalue weighted by molar-refractivity contribution is 5.97. The van der Waals surface area contributed by atoms with Crippen molar-refractivity contribution in [2.75, 3.05) is 11.4 Å². The molecule has 2 aliphatic rings. The number of hydrogen-bond donors (Lipinski definition) is 2. The van der Waals surface area contributed by atoms with Crippen molar-refractivity contribution in [1.29, 1.82) is 0 Å². The summed E-state index contributed by atoms with van der Waals surface area (Å²) in [5.41, 5.74) is 1.92. The van der Waals surface area contributed by atoms with E-state index >= 15 is 0 Å². The van der Waals surface area contributed by atoms with Crippen molar-refractivity contribution < 1.29 is 19.8 Å². The van der Waals surface area contributed by atoms with Gasteiger partial charge in [-0.25, -0.2) is 9.59 Å². The van der Waals surface area contributed by atoms with Gasteiger partial charge in [0, 0.05) is 24.7 Å². The maximum atomic E-state index is 12.8. The van der Waals surface area contributed by atoms with Gasteiger partial charge in [-0.3, -0.25) is 4.90 Å². The molecule has 1 fully saturated rings. The molecule has 6 heteroatoms. The zero-order valence-corrected chi connectivity index (χ0v) is 11.8. The molecule has 1 saturated heterocycles. The summed E-state index contributed by atoms with van der Waals surface area (Å²) in [6.07, 6.45) is 0.0734. The lowest BCUT2D eigenvalue weighted by Crippen LogP contribution is -2.50. The van der Waals surface area contributed by atoms with Crippen LogP contribution in [0, 0.1) is 0 Å². The van der Waals surface area contributed by atoms with Crippen LogP contribution < -0.4 is 4.90 Å². The predicted octanol–water partition coefficient (Wildman–Crippen LogP) is 1.08. The third kappa shape index (κ3) is 2.25. The molecule has 112 valence electrons. The number of fused-ring (bicyclic) bond motifs is 1. The third-order valence-corrected chi connectivity index (χ3v) is 4.22. The fourth-order valence-electron chi connectivity index (χ4n) is 3.25. The van der Waals surface area contributed by atoms with Crippen LogP contribution in [0.25, 0.3) is 0 Å². The van der Waals surface area contributed by atoms with E-state index in [-0.39, 0.29) is 25.0 Å². The Kier molecular flexibility index (Phi) is 3.33. The number of para-hydroxylation sites is 1. The molecule has 0 spiro atoms. The monoisotopic (exact) mass is 290 g/mol. The van der Waals surface area contributed by atoms with Crippen LogP contribution in [0.2, 0.25) is 0 Å². The van der Waals surface area contributed by atoms with E-state index in [2.05, 4.69) is 0 Å². The number of nitrogens with zero attached hydrogens (tertiary/aromatic N) is 2. The van der Waals surface area contributed by atoms with Crippen molar-refractivity contribution in [1.82, 2.24) is 4.90 Å². The number of rotatable bonds is 1. The number of carboxylic acids is 1. The van der Waals surface area contributed by atoms with Gasteiger partial charge in [0.15, 0.2) is 0 Å². The first-order valence-corrected chi connectivity index (χ1v) is 7.07. The van der Waals surface area contributed by atoms with Crippen LogP contribution >= 0.6 is 0 Å². The SMILES string of the molecule is CC1Cc2ccccc2N1C(=O)N1C[C@H](O)C[C@@H]1C(=O)O. The van der Waals surface area contributed by atoms with Crippen molar-refractivity contribution in [3.05, 3.63) is 29.8 Å². The second kappa shape index (κ2) is 5.04. The minimum Gasteiger partial charge on any atom is -0.480 e. The number of hydrogen-bond acceptors (Lipinski definition) is 3. The van der Waals surface area contributed by atoms with Crippen molar-refractivity contribution in [2.45, 2.75) is 38.0 Å². The van der Waals surface area contributed by atoms with Gasteiger partial charge in [-0.05, 0) is 25.0 Å². The van der Waals surface area contributed by atoms with E-state index in [0.29, 0.717) is 0 Å². The van der Waals surface area contributed by atoms with Gasteiger partial charge in [-0.15, -0.1) is 0 Å². The second-order valence-corrected chi connectivity index (χ2v) is 5.73. The first kappa shape index (κ1) is 13.9. The highest BCUT2D eigenvalue weighted by atomic mass is 16.4. The van der Waals surface area contributed by atoms with E-state index in [0.717, 1.165) is 17.7 Å². The normalized spacial score (nSPS) is 27.8. The summed E-state index contributed by atoms with van der Waals surface area (Å²) in [5, 5.41) is 18.9. The van der Waals surface area contributed by atoms with Crippen LogP contribution in [0.5, 0.6) is 0 Å². The van der Waals surface area contributed by atoms with E-state index in [1.807, 2.05) is 31.2 Å². The molecule has 3 rings (SSSR count). The maximum Gasteiger partial charge on any atom is 0.326 e. The number of aliphatic hydroxyl groups excluding tert-OH is 1. The van der Waals surface area contributed by atoms with Crippen LogP contribution in [-0.2, 0) is 11.2 Å². The Bertz CT molecular complexity index is 589. The molecule has 0 aliphatic carbocycles. The first-order chi connectivity index (χ1) is 9.99. The molecule has 2 aliphatic heterocycles. The number of anilines is 1. The Morgan fingerprint density at radius 2 is 2.00 bits per heavy atom. The number of carbonyl (C=O) groups is 2. The van der Waals surface area contributed by atoms with Crippen molar-refractivity contribution in [2.24, 2.45) is 0 Å². The van der Waals surface area contributed by atoms with Crippen molar-refractivity contribution >= 4 is 17.7 Å². The number of likely N-dealkylation sites (tertiary alicyclic amines) is 1. The summed E-state index contributed by atoms with van der Waals surface area (Å²) in [5.74, 6) is -1.07. The Hall–Kier alpha value is -2.08. The van der Waals surface area contributed by atoms with Gasteiger partial charge in [-0.2, -0.15) is 0 Å². The van der Waals surface area contributed by atoms with E-state index in [9.17, 15) is 19.8 Å². The van der Waals surface area contributed by atoms with Crippen LogP contribution in [0.15, 0.2) is 24.3 Å². The molecule has 21 heavy (non-hydrogen) atoms. The zero-order valence-electron chi connectivity index (χ0n) is 11.8. The van der Waals surface area contributed by atoms with Gasteiger partial charge >= 0.3 is 12.0 Å². The number of aliphatic carboxylic acids is 1. The zero-order chi connectivity index (χ0) is 15.1. The molecule has 2 heterocycles. The average molecular weight is 290 g/mol. The molecule has 0 aromatic heterocycles. The molecule has 3 atom stereocenters. The highest BCUT2D eigenvalue weighted by Gasteiger charge is 2.43. The molecule has 1 unspecified atom stereocenters. The van der Waals surface area contributed by atoms with Gasteiger partial charge in [0.1, 0.15) is 6.04 Å². The van der Waals surface area contributed by atoms with Crippen LogP contribution in [0.1, 0.15) is 18.9 Å². The van der Waals surface area contributed by atoms with Gasteiger partial charge < -0.3 is 15.1 Å². The Balaban J connectivity index is 1.90. The van der Waals surface area contributed by atoms with E-state index in [4.69, 9.17) is 0 Å². The number of β-amino-alcohol motifs (C(OH)–C–C–N with tert-alkyl or cyclic N) is 1. The Morgan fingerprint density at radius 1 is 1.29 bits per heavy atom. The van der Waals surface area contributed by atoms with Crippen molar-refractivity contribution in [3.8, 4) is 0 Å². The molecule has 0 bridgehead atoms.